The highest BCUT2D eigenvalue weighted by Crippen LogP contribution is 2.29. The fraction of sp³-hybridized carbons (Fsp3) is 0. The van der Waals surface area contributed by atoms with E-state index in [1.54, 1.807) is 0 Å². The van der Waals surface area contributed by atoms with Gasteiger partial charge in [0.05, 0.1) is 0 Å². The molecule has 0 aliphatic carbocycles. The summed E-state index contributed by atoms with van der Waals surface area (Å²) in [5.74, 6) is -1.08. The standard InChI is InChI=1S/C15H10N4O2/c20-15(21)14-13(17-19-18-14)8-5-6-10-9-3-1-2-4-11(9)16-12(10)7-8/h1-7,16H,(H,20,21)(H,17,18,19). The zero-order chi connectivity index (χ0) is 14.4. The minimum Gasteiger partial charge on any atom is -0.476 e. The number of nitrogens with one attached hydrogen (secondary N) is 2. The fourth-order valence-corrected chi connectivity index (χ4v) is 2.58. The maximum atomic E-state index is 11.1. The number of rotatable bonds is 2. The Labute approximate surface area is 118 Å². The first-order valence-electron chi connectivity index (χ1n) is 6.39. The number of aromatic carboxylic acids is 1. The summed E-state index contributed by atoms with van der Waals surface area (Å²) < 4.78 is 0. The lowest BCUT2D eigenvalue weighted by molar-refractivity contribution is 0.0691. The van der Waals surface area contributed by atoms with Crippen LogP contribution in [0.25, 0.3) is 33.1 Å². The molecule has 2 heterocycles. The van der Waals surface area contributed by atoms with E-state index in [0.717, 1.165) is 21.8 Å². The molecule has 0 spiro atoms. The SMILES string of the molecule is O=C(O)c1[nH]nnc1-c1ccc2c(c1)[nH]c1ccccc12. The van der Waals surface area contributed by atoms with Crippen LogP contribution in [0.5, 0.6) is 0 Å². The molecule has 0 atom stereocenters. The second kappa shape index (κ2) is 4.17. The lowest BCUT2D eigenvalue weighted by atomic mass is 10.1. The zero-order valence-electron chi connectivity index (χ0n) is 10.8. The first-order chi connectivity index (χ1) is 10.2. The number of carbonyl (C=O) groups is 1. The number of fused-ring (bicyclic) bond motifs is 3. The molecule has 2 aromatic carbocycles. The average Bonchev–Trinajstić information content (AvgIpc) is 3.11. The highest BCUT2D eigenvalue weighted by molar-refractivity contribution is 6.08. The molecular weight excluding hydrogens is 268 g/mol. The molecule has 0 amide bonds. The summed E-state index contributed by atoms with van der Waals surface area (Å²) in [4.78, 5) is 14.5. The van der Waals surface area contributed by atoms with Gasteiger partial charge in [0.1, 0.15) is 5.69 Å². The molecule has 4 rings (SSSR count). The molecule has 6 nitrogen and oxygen atoms in total. The third-order valence-corrected chi connectivity index (χ3v) is 3.54. The Morgan fingerprint density at radius 2 is 1.86 bits per heavy atom. The average molecular weight is 278 g/mol. The minimum absolute atomic E-state index is 0.00883. The van der Waals surface area contributed by atoms with Crippen LogP contribution in [-0.4, -0.2) is 31.5 Å². The van der Waals surface area contributed by atoms with Gasteiger partial charge in [-0.3, -0.25) is 5.10 Å². The predicted molar refractivity (Wildman–Crippen MR) is 78.1 cm³/mol. The number of aromatic nitrogens is 4. The summed E-state index contributed by atoms with van der Waals surface area (Å²) in [6.45, 7) is 0. The predicted octanol–water partition coefficient (Wildman–Crippen LogP) is 2.80. The van der Waals surface area contributed by atoms with Crippen LogP contribution < -0.4 is 0 Å². The van der Waals surface area contributed by atoms with Crippen molar-refractivity contribution in [2.75, 3.05) is 0 Å². The van der Waals surface area contributed by atoms with E-state index < -0.39 is 5.97 Å². The monoisotopic (exact) mass is 278 g/mol. The summed E-state index contributed by atoms with van der Waals surface area (Å²) in [6.07, 6.45) is 0. The van der Waals surface area contributed by atoms with Crippen LogP contribution in [0.15, 0.2) is 42.5 Å². The first-order valence-corrected chi connectivity index (χ1v) is 6.39. The van der Waals surface area contributed by atoms with Gasteiger partial charge in [0.25, 0.3) is 0 Å². The van der Waals surface area contributed by atoms with Gasteiger partial charge in [-0.05, 0) is 12.1 Å². The molecule has 2 aromatic heterocycles. The van der Waals surface area contributed by atoms with Crippen LogP contribution in [0.1, 0.15) is 10.5 Å². The summed E-state index contributed by atoms with van der Waals surface area (Å²) in [5.41, 5.74) is 3.02. The van der Waals surface area contributed by atoms with E-state index in [9.17, 15) is 4.79 Å². The third kappa shape index (κ3) is 1.69. The van der Waals surface area contributed by atoms with Crippen LogP contribution in [0.4, 0.5) is 0 Å². The van der Waals surface area contributed by atoms with Crippen molar-refractivity contribution in [3.05, 3.63) is 48.2 Å². The molecule has 0 fully saturated rings. The Morgan fingerprint density at radius 1 is 1.05 bits per heavy atom. The summed E-state index contributed by atoms with van der Waals surface area (Å²) in [5, 5.41) is 21.2. The van der Waals surface area contributed by atoms with Crippen molar-refractivity contribution >= 4 is 27.8 Å². The molecule has 0 radical (unpaired) electrons. The van der Waals surface area contributed by atoms with Crippen LogP contribution in [0.3, 0.4) is 0 Å². The lowest BCUT2D eigenvalue weighted by Crippen LogP contribution is -1.99. The number of hydrogen-bond acceptors (Lipinski definition) is 3. The van der Waals surface area contributed by atoms with Crippen LogP contribution in [0.2, 0.25) is 0 Å². The highest BCUT2D eigenvalue weighted by Gasteiger charge is 2.16. The van der Waals surface area contributed by atoms with Crippen LogP contribution in [-0.2, 0) is 0 Å². The third-order valence-electron chi connectivity index (χ3n) is 3.54. The highest BCUT2D eigenvalue weighted by atomic mass is 16.4. The number of carboxylic acid groups (broad SMARTS) is 1. The number of carboxylic acids is 1. The van der Waals surface area contributed by atoms with E-state index in [1.165, 1.54) is 0 Å². The molecule has 0 saturated heterocycles. The van der Waals surface area contributed by atoms with Gasteiger partial charge >= 0.3 is 5.97 Å². The maximum absolute atomic E-state index is 11.1. The van der Waals surface area contributed by atoms with E-state index in [-0.39, 0.29) is 5.69 Å². The lowest BCUT2D eigenvalue weighted by Gasteiger charge is -1.98. The fourth-order valence-electron chi connectivity index (χ4n) is 2.58. The molecular formula is C15H10N4O2. The molecule has 0 unspecified atom stereocenters. The van der Waals surface area contributed by atoms with Crippen molar-refractivity contribution in [2.24, 2.45) is 0 Å². The van der Waals surface area contributed by atoms with Gasteiger partial charge in [-0.1, -0.05) is 35.5 Å². The molecule has 0 bridgehead atoms. The molecule has 6 heteroatoms. The molecule has 4 aromatic rings. The maximum Gasteiger partial charge on any atom is 0.356 e. The number of benzene rings is 2. The van der Waals surface area contributed by atoms with Gasteiger partial charge in [-0.15, -0.1) is 5.10 Å². The van der Waals surface area contributed by atoms with Crippen molar-refractivity contribution in [1.29, 1.82) is 0 Å². The quantitative estimate of drug-likeness (QED) is 0.525. The van der Waals surface area contributed by atoms with Crippen LogP contribution in [0, 0.1) is 0 Å². The van der Waals surface area contributed by atoms with E-state index >= 15 is 0 Å². The first kappa shape index (κ1) is 11.7. The van der Waals surface area contributed by atoms with Crippen molar-refractivity contribution in [1.82, 2.24) is 20.4 Å². The smallest absolute Gasteiger partial charge is 0.356 e. The molecule has 0 aliphatic rings. The van der Waals surface area contributed by atoms with E-state index in [4.69, 9.17) is 5.11 Å². The largest absolute Gasteiger partial charge is 0.476 e. The molecule has 3 N–H and O–H groups in total. The molecule has 0 saturated carbocycles. The molecule has 0 aliphatic heterocycles. The Balaban J connectivity index is 1.97. The Hall–Kier alpha value is -3.15. The van der Waals surface area contributed by atoms with Gasteiger partial charge in [-0.2, -0.15) is 0 Å². The van der Waals surface area contributed by atoms with Gasteiger partial charge < -0.3 is 10.1 Å². The molecule has 102 valence electrons. The number of hydrogen-bond donors (Lipinski definition) is 3. The van der Waals surface area contributed by atoms with Crippen molar-refractivity contribution < 1.29 is 9.90 Å². The molecule has 21 heavy (non-hydrogen) atoms. The number of para-hydroxylation sites is 1. The summed E-state index contributed by atoms with van der Waals surface area (Å²) >= 11 is 0. The minimum atomic E-state index is -1.08. The Bertz CT molecular complexity index is 984. The normalized spacial score (nSPS) is 11.2. The summed E-state index contributed by atoms with van der Waals surface area (Å²) in [6, 6.07) is 13.7. The van der Waals surface area contributed by atoms with Crippen molar-refractivity contribution in [3.63, 3.8) is 0 Å². The zero-order valence-corrected chi connectivity index (χ0v) is 10.8. The van der Waals surface area contributed by atoms with Crippen LogP contribution >= 0.6 is 0 Å². The number of H-pyrrole nitrogens is 2. The Kier molecular flexibility index (Phi) is 2.32. The van der Waals surface area contributed by atoms with E-state index in [0.29, 0.717) is 11.3 Å². The van der Waals surface area contributed by atoms with E-state index in [2.05, 4.69) is 20.4 Å². The topological polar surface area (TPSA) is 94.7 Å². The van der Waals surface area contributed by atoms with Gasteiger partial charge in [0.2, 0.25) is 0 Å². The summed E-state index contributed by atoms with van der Waals surface area (Å²) in [7, 11) is 0. The second-order valence-electron chi connectivity index (χ2n) is 4.77. The van der Waals surface area contributed by atoms with Crippen molar-refractivity contribution in [2.45, 2.75) is 0 Å². The van der Waals surface area contributed by atoms with Gasteiger partial charge in [0.15, 0.2) is 5.69 Å². The number of aromatic amines is 2. The van der Waals surface area contributed by atoms with Gasteiger partial charge in [-0.25, -0.2) is 4.79 Å². The van der Waals surface area contributed by atoms with Crippen molar-refractivity contribution in [3.8, 4) is 11.3 Å². The second-order valence-corrected chi connectivity index (χ2v) is 4.77. The van der Waals surface area contributed by atoms with Gasteiger partial charge in [0, 0.05) is 27.4 Å². The van der Waals surface area contributed by atoms with E-state index in [1.807, 2.05) is 42.5 Å². The number of nitrogens with zero attached hydrogens (tertiary/aromatic N) is 2. The Morgan fingerprint density at radius 3 is 2.71 bits per heavy atom.